The zero-order valence-electron chi connectivity index (χ0n) is 7.90. The van der Waals surface area contributed by atoms with Gasteiger partial charge < -0.3 is 0 Å². The molecule has 0 spiro atoms. The average molecular weight is 266 g/mol. The van der Waals surface area contributed by atoms with E-state index in [1.54, 1.807) is 0 Å². The van der Waals surface area contributed by atoms with E-state index < -0.39 is 34.0 Å². The lowest BCUT2D eigenvalue weighted by Crippen LogP contribution is -2.03. The van der Waals surface area contributed by atoms with Gasteiger partial charge in [0.2, 0.25) is 5.82 Å². The lowest BCUT2D eigenvalue weighted by Gasteiger charge is -2.06. The van der Waals surface area contributed by atoms with Gasteiger partial charge in [-0.1, -0.05) is 11.8 Å². The smallest absolute Gasteiger partial charge is 0.200 e. The van der Waals surface area contributed by atoms with E-state index in [4.69, 9.17) is 0 Å². The minimum absolute atomic E-state index is 0.160. The average Bonchev–Trinajstić information content (AvgIpc) is 2.82. The molecule has 17 heavy (non-hydrogen) atoms. The molecule has 0 aliphatic rings. The van der Waals surface area contributed by atoms with E-state index in [1.807, 2.05) is 0 Å². The second-order valence-electron chi connectivity index (χ2n) is 2.92. The Hall–Kier alpha value is -1.57. The van der Waals surface area contributed by atoms with Gasteiger partial charge >= 0.3 is 0 Å². The molecule has 1 aromatic carbocycles. The van der Waals surface area contributed by atoms with Gasteiger partial charge in [-0.3, -0.25) is 5.10 Å². The number of benzene rings is 1. The number of hydrogen-bond acceptors (Lipinski definition) is 2. The first-order chi connectivity index (χ1) is 8.02. The van der Waals surface area contributed by atoms with E-state index in [0.29, 0.717) is 11.8 Å². The number of nitrogens with zero attached hydrogens (tertiary/aromatic N) is 1. The van der Waals surface area contributed by atoms with Crippen LogP contribution in [-0.4, -0.2) is 10.2 Å². The number of halogens is 5. The standard InChI is InChI=1S/C9H3F5N2S/c10-4-5(11)7(13)9(8(14)6(4)12)17-3-1-2-15-16-3/h1-2H,(H,15,16). The van der Waals surface area contributed by atoms with Crippen LogP contribution in [0.25, 0.3) is 0 Å². The quantitative estimate of drug-likeness (QED) is 0.513. The Kier molecular flexibility index (Phi) is 3.05. The summed E-state index contributed by atoms with van der Waals surface area (Å²) in [7, 11) is 0. The van der Waals surface area contributed by atoms with Crippen molar-refractivity contribution in [1.29, 1.82) is 0 Å². The molecule has 0 saturated carbocycles. The predicted octanol–water partition coefficient (Wildman–Crippen LogP) is 3.26. The number of aromatic amines is 1. The summed E-state index contributed by atoms with van der Waals surface area (Å²) in [5.74, 6) is -9.83. The summed E-state index contributed by atoms with van der Waals surface area (Å²) in [5.41, 5.74) is 0. The lowest BCUT2D eigenvalue weighted by molar-refractivity contribution is 0.361. The van der Waals surface area contributed by atoms with Gasteiger partial charge in [0.1, 0.15) is 0 Å². The van der Waals surface area contributed by atoms with Crippen LogP contribution in [0.1, 0.15) is 0 Å². The number of H-pyrrole nitrogens is 1. The molecule has 0 saturated heterocycles. The molecule has 0 aliphatic heterocycles. The summed E-state index contributed by atoms with van der Waals surface area (Å²) in [4.78, 5) is -0.967. The molecule has 90 valence electrons. The number of aromatic nitrogens is 2. The Morgan fingerprint density at radius 3 is 1.88 bits per heavy atom. The van der Waals surface area contributed by atoms with Crippen LogP contribution in [0.3, 0.4) is 0 Å². The monoisotopic (exact) mass is 266 g/mol. The Morgan fingerprint density at radius 1 is 0.882 bits per heavy atom. The van der Waals surface area contributed by atoms with Crippen LogP contribution in [0.5, 0.6) is 0 Å². The normalized spacial score (nSPS) is 10.9. The van der Waals surface area contributed by atoms with E-state index in [0.717, 1.165) is 0 Å². The molecule has 2 nitrogen and oxygen atoms in total. The van der Waals surface area contributed by atoms with Crippen LogP contribution < -0.4 is 0 Å². The summed E-state index contributed by atoms with van der Waals surface area (Å²) < 4.78 is 64.8. The molecule has 1 aromatic heterocycles. The van der Waals surface area contributed by atoms with E-state index in [-0.39, 0.29) is 5.03 Å². The van der Waals surface area contributed by atoms with Crippen molar-refractivity contribution < 1.29 is 22.0 Å². The maximum atomic E-state index is 13.2. The second-order valence-corrected chi connectivity index (χ2v) is 3.97. The van der Waals surface area contributed by atoms with Crippen molar-refractivity contribution in [2.75, 3.05) is 0 Å². The highest BCUT2D eigenvalue weighted by molar-refractivity contribution is 7.99. The molecule has 0 aliphatic carbocycles. The zero-order valence-corrected chi connectivity index (χ0v) is 8.72. The van der Waals surface area contributed by atoms with E-state index in [9.17, 15) is 22.0 Å². The topological polar surface area (TPSA) is 28.7 Å². The summed E-state index contributed by atoms with van der Waals surface area (Å²) in [5, 5.41) is 5.98. The lowest BCUT2D eigenvalue weighted by atomic mass is 10.3. The summed E-state index contributed by atoms with van der Waals surface area (Å²) >= 11 is 0.370. The largest absolute Gasteiger partial charge is 0.272 e. The highest BCUT2D eigenvalue weighted by atomic mass is 32.2. The Labute approximate surface area is 95.8 Å². The Morgan fingerprint density at radius 2 is 1.41 bits per heavy atom. The molecule has 2 aromatic rings. The first-order valence-electron chi connectivity index (χ1n) is 4.21. The number of nitrogens with one attached hydrogen (secondary N) is 1. The van der Waals surface area contributed by atoms with Crippen molar-refractivity contribution in [3.8, 4) is 0 Å². The highest BCUT2D eigenvalue weighted by Gasteiger charge is 2.26. The fraction of sp³-hybridized carbons (Fsp3) is 0. The maximum Gasteiger partial charge on any atom is 0.200 e. The summed E-state index contributed by atoms with van der Waals surface area (Å²) in [6.45, 7) is 0. The minimum Gasteiger partial charge on any atom is -0.272 e. The minimum atomic E-state index is -2.17. The van der Waals surface area contributed by atoms with Crippen LogP contribution in [0, 0.1) is 29.1 Å². The van der Waals surface area contributed by atoms with Crippen molar-refractivity contribution in [1.82, 2.24) is 10.2 Å². The third-order valence-corrected chi connectivity index (χ3v) is 2.87. The van der Waals surface area contributed by atoms with E-state index >= 15 is 0 Å². The molecule has 0 atom stereocenters. The molecule has 0 radical (unpaired) electrons. The van der Waals surface area contributed by atoms with Crippen LogP contribution >= 0.6 is 11.8 Å². The van der Waals surface area contributed by atoms with Crippen molar-refractivity contribution in [3.63, 3.8) is 0 Å². The van der Waals surface area contributed by atoms with Gasteiger partial charge in [-0.05, 0) is 6.07 Å². The van der Waals surface area contributed by atoms with Crippen molar-refractivity contribution in [2.24, 2.45) is 0 Å². The van der Waals surface area contributed by atoms with Crippen LogP contribution in [0.15, 0.2) is 22.2 Å². The molecular formula is C9H3F5N2S. The Bertz CT molecular complexity index is 526. The van der Waals surface area contributed by atoms with E-state index in [2.05, 4.69) is 10.2 Å². The second kappa shape index (κ2) is 4.36. The fourth-order valence-electron chi connectivity index (χ4n) is 1.08. The van der Waals surface area contributed by atoms with Crippen molar-refractivity contribution >= 4 is 11.8 Å². The predicted molar refractivity (Wildman–Crippen MR) is 48.9 cm³/mol. The fourth-order valence-corrected chi connectivity index (χ4v) is 1.89. The van der Waals surface area contributed by atoms with Gasteiger partial charge in [-0.15, -0.1) is 0 Å². The molecule has 0 bridgehead atoms. The van der Waals surface area contributed by atoms with Gasteiger partial charge in [-0.2, -0.15) is 5.10 Å². The highest BCUT2D eigenvalue weighted by Crippen LogP contribution is 2.34. The first kappa shape index (κ1) is 11.9. The third kappa shape index (κ3) is 1.99. The van der Waals surface area contributed by atoms with Crippen LogP contribution in [0.2, 0.25) is 0 Å². The SMILES string of the molecule is Fc1c(F)c(F)c(Sc2ccn[nH]2)c(F)c1F. The van der Waals surface area contributed by atoms with Crippen molar-refractivity contribution in [3.05, 3.63) is 41.3 Å². The number of hydrogen-bond donors (Lipinski definition) is 1. The maximum absolute atomic E-state index is 13.2. The van der Waals surface area contributed by atoms with Gasteiger partial charge in [0.05, 0.1) is 9.92 Å². The van der Waals surface area contributed by atoms with Gasteiger partial charge in [0, 0.05) is 6.20 Å². The first-order valence-corrected chi connectivity index (χ1v) is 5.02. The van der Waals surface area contributed by atoms with E-state index in [1.165, 1.54) is 12.3 Å². The molecule has 0 fully saturated rings. The molecular weight excluding hydrogens is 263 g/mol. The zero-order chi connectivity index (χ0) is 12.6. The molecule has 2 rings (SSSR count). The molecule has 1 N–H and O–H groups in total. The van der Waals surface area contributed by atoms with Gasteiger partial charge in [-0.25, -0.2) is 22.0 Å². The molecule has 0 unspecified atom stereocenters. The summed E-state index contributed by atoms with van der Waals surface area (Å²) in [6, 6.07) is 1.34. The van der Waals surface area contributed by atoms with Crippen LogP contribution in [0.4, 0.5) is 22.0 Å². The molecule has 1 heterocycles. The molecule has 0 amide bonds. The van der Waals surface area contributed by atoms with Crippen molar-refractivity contribution in [2.45, 2.75) is 9.92 Å². The number of rotatable bonds is 2. The Balaban J connectivity index is 2.54. The van der Waals surface area contributed by atoms with Crippen LogP contribution in [-0.2, 0) is 0 Å². The van der Waals surface area contributed by atoms with Gasteiger partial charge in [0.25, 0.3) is 0 Å². The van der Waals surface area contributed by atoms with Gasteiger partial charge in [0.15, 0.2) is 23.3 Å². The third-order valence-electron chi connectivity index (χ3n) is 1.86. The summed E-state index contributed by atoms with van der Waals surface area (Å²) in [6.07, 6.45) is 1.29. The molecule has 8 heteroatoms.